The lowest BCUT2D eigenvalue weighted by atomic mass is 10.2. The van der Waals surface area contributed by atoms with E-state index < -0.39 is 0 Å². The highest BCUT2D eigenvalue weighted by atomic mass is 35.5. The third-order valence-electron chi connectivity index (χ3n) is 5.37. The summed E-state index contributed by atoms with van der Waals surface area (Å²) < 4.78 is 5.83. The summed E-state index contributed by atoms with van der Waals surface area (Å²) in [6, 6.07) is 18.2. The molecule has 0 atom stereocenters. The van der Waals surface area contributed by atoms with Crippen LogP contribution < -0.4 is 20.4 Å². The van der Waals surface area contributed by atoms with Crippen LogP contribution in [-0.4, -0.2) is 35.4 Å². The van der Waals surface area contributed by atoms with Gasteiger partial charge in [0, 0.05) is 37.6 Å². The predicted molar refractivity (Wildman–Crippen MR) is 133 cm³/mol. The second-order valence-corrected chi connectivity index (χ2v) is 8.15. The Morgan fingerprint density at radius 2 is 1.82 bits per heavy atom. The van der Waals surface area contributed by atoms with E-state index >= 15 is 0 Å². The van der Waals surface area contributed by atoms with Gasteiger partial charge in [0.1, 0.15) is 17.3 Å². The molecule has 0 aliphatic carbocycles. The SMILES string of the molecule is CC(=O)Nc1cc(Oc2ccc(NC(=O)C3=C(C)N(C)N(c4ccccc4)C3)cc2Cl)ccn1. The highest BCUT2D eigenvalue weighted by molar-refractivity contribution is 6.32. The van der Waals surface area contributed by atoms with Crippen molar-refractivity contribution >= 4 is 40.6 Å². The molecule has 0 bridgehead atoms. The number of pyridine rings is 1. The standard InChI is InChI=1S/C25H24ClN5O3/c1-16-21(15-31(30(16)3)19-7-5-4-6-8-19)25(33)29-18-9-10-23(22(26)13-18)34-20-11-12-27-24(14-20)28-17(2)32/h4-14H,15H2,1-3H3,(H,29,33)(H,27,28,32). The van der Waals surface area contributed by atoms with E-state index in [1.807, 2.05) is 54.3 Å². The molecular weight excluding hydrogens is 454 g/mol. The van der Waals surface area contributed by atoms with E-state index in [9.17, 15) is 9.59 Å². The number of hydrogen-bond acceptors (Lipinski definition) is 6. The molecule has 2 N–H and O–H groups in total. The van der Waals surface area contributed by atoms with Crippen molar-refractivity contribution in [2.75, 3.05) is 29.2 Å². The first-order valence-electron chi connectivity index (χ1n) is 10.6. The Morgan fingerprint density at radius 1 is 1.06 bits per heavy atom. The van der Waals surface area contributed by atoms with Gasteiger partial charge >= 0.3 is 0 Å². The molecule has 0 radical (unpaired) electrons. The van der Waals surface area contributed by atoms with Crippen LogP contribution in [0.4, 0.5) is 17.2 Å². The number of allylic oxidation sites excluding steroid dienone is 1. The minimum Gasteiger partial charge on any atom is -0.456 e. The summed E-state index contributed by atoms with van der Waals surface area (Å²) >= 11 is 6.41. The van der Waals surface area contributed by atoms with E-state index in [0.29, 0.717) is 40.1 Å². The van der Waals surface area contributed by atoms with E-state index in [4.69, 9.17) is 16.3 Å². The number of carbonyl (C=O) groups excluding carboxylic acids is 2. The van der Waals surface area contributed by atoms with E-state index in [2.05, 4.69) is 15.6 Å². The van der Waals surface area contributed by atoms with Crippen LogP contribution in [-0.2, 0) is 9.59 Å². The highest BCUT2D eigenvalue weighted by Gasteiger charge is 2.29. The monoisotopic (exact) mass is 477 g/mol. The lowest BCUT2D eigenvalue weighted by Crippen LogP contribution is -2.34. The predicted octanol–water partition coefficient (Wildman–Crippen LogP) is 5.07. The summed E-state index contributed by atoms with van der Waals surface area (Å²) in [6.45, 7) is 3.79. The van der Waals surface area contributed by atoms with Crippen molar-refractivity contribution in [1.82, 2.24) is 9.99 Å². The zero-order chi connectivity index (χ0) is 24.2. The molecular formula is C25H24ClN5O3. The third-order valence-corrected chi connectivity index (χ3v) is 5.67. The van der Waals surface area contributed by atoms with Crippen LogP contribution >= 0.6 is 11.6 Å². The summed E-state index contributed by atoms with van der Waals surface area (Å²) in [5.74, 6) is 0.828. The van der Waals surface area contributed by atoms with Gasteiger partial charge in [-0.25, -0.2) is 4.98 Å². The maximum absolute atomic E-state index is 13.0. The molecule has 2 aromatic carbocycles. The minimum atomic E-state index is -0.228. The second-order valence-electron chi connectivity index (χ2n) is 7.74. The molecule has 0 saturated heterocycles. The van der Waals surface area contributed by atoms with Gasteiger partial charge in [-0.1, -0.05) is 29.8 Å². The lowest BCUT2D eigenvalue weighted by molar-refractivity contribution is -0.114. The number of halogens is 1. The van der Waals surface area contributed by atoms with Crippen LogP contribution in [0.1, 0.15) is 13.8 Å². The minimum absolute atomic E-state index is 0.193. The Labute approximate surface area is 202 Å². The molecule has 174 valence electrons. The van der Waals surface area contributed by atoms with Crippen molar-refractivity contribution in [2.24, 2.45) is 0 Å². The molecule has 1 aliphatic heterocycles. The first-order chi connectivity index (χ1) is 16.3. The number of aromatic nitrogens is 1. The van der Waals surface area contributed by atoms with Gasteiger partial charge in [-0.05, 0) is 43.3 Å². The number of para-hydroxylation sites is 1. The zero-order valence-corrected chi connectivity index (χ0v) is 19.8. The maximum Gasteiger partial charge on any atom is 0.255 e. The number of benzene rings is 2. The summed E-state index contributed by atoms with van der Waals surface area (Å²) in [6.07, 6.45) is 1.52. The van der Waals surface area contributed by atoms with Gasteiger partial charge in [0.2, 0.25) is 5.91 Å². The molecule has 0 unspecified atom stereocenters. The maximum atomic E-state index is 13.0. The van der Waals surface area contributed by atoms with Gasteiger partial charge in [-0.2, -0.15) is 0 Å². The fraction of sp³-hybridized carbons (Fsp3) is 0.160. The van der Waals surface area contributed by atoms with Crippen LogP contribution in [0.5, 0.6) is 11.5 Å². The number of hydrazine groups is 1. The van der Waals surface area contributed by atoms with E-state index in [1.165, 1.54) is 13.1 Å². The average molecular weight is 478 g/mol. The average Bonchev–Trinajstić information content (AvgIpc) is 3.11. The van der Waals surface area contributed by atoms with E-state index in [0.717, 1.165) is 11.4 Å². The Bertz CT molecular complexity index is 1260. The summed E-state index contributed by atoms with van der Waals surface area (Å²) in [5.41, 5.74) is 3.11. The van der Waals surface area contributed by atoms with Crippen LogP contribution in [0.3, 0.4) is 0 Å². The molecule has 8 nitrogen and oxygen atoms in total. The lowest BCUT2D eigenvalue weighted by Gasteiger charge is -2.29. The Balaban J connectivity index is 1.44. The number of ether oxygens (including phenoxy) is 1. The molecule has 1 aliphatic rings. The number of anilines is 3. The number of rotatable bonds is 6. The van der Waals surface area contributed by atoms with Gasteiger partial charge in [0.05, 0.1) is 22.8 Å². The van der Waals surface area contributed by atoms with Gasteiger partial charge < -0.3 is 15.4 Å². The Morgan fingerprint density at radius 3 is 2.53 bits per heavy atom. The number of hydrogen-bond donors (Lipinski definition) is 2. The van der Waals surface area contributed by atoms with Crippen LogP contribution in [0.15, 0.2) is 78.1 Å². The number of amides is 2. The summed E-state index contributed by atoms with van der Waals surface area (Å²) in [7, 11) is 1.93. The normalized spacial score (nSPS) is 13.2. The van der Waals surface area contributed by atoms with Crippen molar-refractivity contribution in [3.8, 4) is 11.5 Å². The van der Waals surface area contributed by atoms with Gasteiger partial charge in [0.25, 0.3) is 5.91 Å². The number of nitrogens with zero attached hydrogens (tertiary/aromatic N) is 3. The van der Waals surface area contributed by atoms with Crippen molar-refractivity contribution in [3.63, 3.8) is 0 Å². The molecule has 34 heavy (non-hydrogen) atoms. The zero-order valence-electron chi connectivity index (χ0n) is 19.0. The van der Waals surface area contributed by atoms with Gasteiger partial charge in [-0.15, -0.1) is 0 Å². The van der Waals surface area contributed by atoms with Crippen molar-refractivity contribution < 1.29 is 14.3 Å². The van der Waals surface area contributed by atoms with Crippen LogP contribution in [0, 0.1) is 0 Å². The topological polar surface area (TPSA) is 86.8 Å². The second kappa shape index (κ2) is 9.84. The number of carbonyl (C=O) groups is 2. The molecule has 0 saturated carbocycles. The van der Waals surface area contributed by atoms with Gasteiger partial charge in [0.15, 0.2) is 0 Å². The van der Waals surface area contributed by atoms with Crippen LogP contribution in [0.2, 0.25) is 5.02 Å². The third kappa shape index (κ3) is 5.13. The molecule has 3 aromatic rings. The largest absolute Gasteiger partial charge is 0.456 e. The molecule has 1 aromatic heterocycles. The quantitative estimate of drug-likeness (QED) is 0.515. The van der Waals surface area contributed by atoms with E-state index in [1.54, 1.807) is 30.3 Å². The van der Waals surface area contributed by atoms with Crippen molar-refractivity contribution in [1.29, 1.82) is 0 Å². The highest BCUT2D eigenvalue weighted by Crippen LogP contribution is 2.33. The Hall–Kier alpha value is -4.04. The Kier molecular flexibility index (Phi) is 6.70. The fourth-order valence-electron chi connectivity index (χ4n) is 3.57. The van der Waals surface area contributed by atoms with Crippen LogP contribution in [0.25, 0.3) is 0 Å². The molecule has 9 heteroatoms. The molecule has 2 heterocycles. The summed E-state index contributed by atoms with van der Waals surface area (Å²) in [4.78, 5) is 28.3. The number of nitrogens with one attached hydrogen (secondary N) is 2. The van der Waals surface area contributed by atoms with E-state index in [-0.39, 0.29) is 11.8 Å². The summed E-state index contributed by atoms with van der Waals surface area (Å²) in [5, 5.41) is 9.86. The smallest absolute Gasteiger partial charge is 0.255 e. The first-order valence-corrected chi connectivity index (χ1v) is 11.0. The van der Waals surface area contributed by atoms with Crippen molar-refractivity contribution in [3.05, 3.63) is 83.2 Å². The first kappa shape index (κ1) is 23.1. The van der Waals surface area contributed by atoms with Gasteiger partial charge in [-0.3, -0.25) is 19.6 Å². The fourth-order valence-corrected chi connectivity index (χ4v) is 3.78. The van der Waals surface area contributed by atoms with Crippen molar-refractivity contribution in [2.45, 2.75) is 13.8 Å². The molecule has 4 rings (SSSR count). The molecule has 0 spiro atoms. The molecule has 0 fully saturated rings. The molecule has 2 amide bonds.